The lowest BCUT2D eigenvalue weighted by Gasteiger charge is -2.27. The molecule has 4 aromatic rings. The van der Waals surface area contributed by atoms with E-state index in [4.69, 9.17) is 0 Å². The van der Waals surface area contributed by atoms with E-state index in [1.54, 1.807) is 12.4 Å². The van der Waals surface area contributed by atoms with Crippen LogP contribution in [-0.4, -0.2) is 81.4 Å². The average molecular weight is 548 g/mol. The van der Waals surface area contributed by atoms with Crippen molar-refractivity contribution in [3.05, 3.63) is 77.7 Å². The summed E-state index contributed by atoms with van der Waals surface area (Å²) in [6, 6.07) is 9.08. The summed E-state index contributed by atoms with van der Waals surface area (Å²) in [6.07, 6.45) is 12.1. The maximum absolute atomic E-state index is 4.49. The number of H-pyrrole nitrogens is 3. The number of imidazole rings is 2. The molecule has 3 heterocycles. The molecule has 216 valence electrons. The second-order valence-corrected chi connectivity index (χ2v) is 10.5. The normalized spacial score (nSPS) is 12.7. The maximum Gasteiger partial charge on any atom is 0.162 e. The van der Waals surface area contributed by atoms with Crippen molar-refractivity contribution >= 4 is 0 Å². The van der Waals surface area contributed by atoms with Gasteiger partial charge < -0.3 is 14.9 Å². The van der Waals surface area contributed by atoms with Crippen LogP contribution in [0, 0.1) is 0 Å². The number of benzene rings is 1. The van der Waals surface area contributed by atoms with Gasteiger partial charge in [-0.15, -0.1) is 5.10 Å². The molecule has 0 aliphatic carbocycles. The van der Waals surface area contributed by atoms with E-state index >= 15 is 0 Å². The minimum atomic E-state index is 0.122. The Morgan fingerprint density at radius 3 is 2.00 bits per heavy atom. The van der Waals surface area contributed by atoms with E-state index < -0.39 is 0 Å². The number of hydrogen-bond acceptors (Lipinski definition) is 8. The highest BCUT2D eigenvalue weighted by Crippen LogP contribution is 2.22. The predicted molar refractivity (Wildman–Crippen MR) is 156 cm³/mol. The number of aromatic amines is 3. The number of hydrogen-bond donors (Lipinski definition) is 3. The molecule has 4 rings (SSSR count). The summed E-state index contributed by atoms with van der Waals surface area (Å²) >= 11 is 0. The molecule has 0 aliphatic heterocycles. The van der Waals surface area contributed by atoms with Crippen LogP contribution >= 0.6 is 0 Å². The van der Waals surface area contributed by atoms with Crippen LogP contribution in [0.4, 0.5) is 0 Å². The number of nitrogens with zero attached hydrogens (tertiary/aromatic N) is 8. The highest BCUT2D eigenvalue weighted by atomic mass is 15.5. The third kappa shape index (κ3) is 9.35. The quantitative estimate of drug-likeness (QED) is 0.149. The van der Waals surface area contributed by atoms with Gasteiger partial charge in [0.2, 0.25) is 0 Å². The van der Waals surface area contributed by atoms with Crippen molar-refractivity contribution in [2.45, 2.75) is 78.7 Å². The first-order chi connectivity index (χ1) is 19.6. The molecule has 1 aromatic carbocycles. The summed E-state index contributed by atoms with van der Waals surface area (Å²) in [5.74, 6) is 2.70. The monoisotopic (exact) mass is 547 g/mol. The molecule has 0 saturated carbocycles. The minimum Gasteiger partial charge on any atom is -0.348 e. The summed E-state index contributed by atoms with van der Waals surface area (Å²) in [7, 11) is 0. The number of unbranched alkanes of at least 4 members (excludes halogenated alkanes) is 1. The molecule has 0 amide bonds. The fourth-order valence-corrected chi connectivity index (χ4v) is 5.14. The molecule has 0 aliphatic rings. The largest absolute Gasteiger partial charge is 0.348 e. The highest BCUT2D eigenvalue weighted by Gasteiger charge is 2.20. The van der Waals surface area contributed by atoms with Gasteiger partial charge in [-0.3, -0.25) is 9.80 Å². The molecule has 1 unspecified atom stereocenters. The van der Waals surface area contributed by atoms with Gasteiger partial charge in [-0.1, -0.05) is 38.1 Å². The minimum absolute atomic E-state index is 0.122. The molecular formula is C29H45N11. The number of rotatable bonds is 19. The summed E-state index contributed by atoms with van der Waals surface area (Å²) in [5.41, 5.74) is 2.54. The van der Waals surface area contributed by atoms with Gasteiger partial charge in [0.1, 0.15) is 11.6 Å². The SMILES string of the molecule is CCCN(CCC)CCCCN(Cc1ccc(CN(Cc2ncc[nH]2)C(C)c2ncc[nH]2)cc1)Cc1nnn[nH]1. The van der Waals surface area contributed by atoms with Gasteiger partial charge in [0.15, 0.2) is 5.82 Å². The molecule has 0 fully saturated rings. The number of tetrazole rings is 1. The molecule has 3 aromatic heterocycles. The highest BCUT2D eigenvalue weighted by molar-refractivity contribution is 5.23. The van der Waals surface area contributed by atoms with Crippen molar-refractivity contribution in [2.24, 2.45) is 0 Å². The lowest BCUT2D eigenvalue weighted by atomic mass is 10.1. The molecule has 1 atom stereocenters. The zero-order valence-corrected chi connectivity index (χ0v) is 24.3. The fraction of sp³-hybridized carbons (Fsp3) is 0.552. The second kappa shape index (κ2) is 16.0. The number of nitrogens with one attached hydrogen (secondary N) is 3. The van der Waals surface area contributed by atoms with Crippen molar-refractivity contribution in [3.63, 3.8) is 0 Å². The van der Waals surface area contributed by atoms with Gasteiger partial charge >= 0.3 is 0 Å². The van der Waals surface area contributed by atoms with Crippen molar-refractivity contribution < 1.29 is 0 Å². The Labute approximate surface area is 237 Å². The van der Waals surface area contributed by atoms with Crippen molar-refractivity contribution in [3.8, 4) is 0 Å². The fourth-order valence-electron chi connectivity index (χ4n) is 5.14. The Kier molecular flexibility index (Phi) is 11.8. The van der Waals surface area contributed by atoms with E-state index in [1.807, 2.05) is 12.4 Å². The first-order valence-corrected chi connectivity index (χ1v) is 14.6. The van der Waals surface area contributed by atoms with Gasteiger partial charge in [-0.2, -0.15) is 0 Å². The Balaban J connectivity index is 1.36. The van der Waals surface area contributed by atoms with Crippen LogP contribution in [0.2, 0.25) is 0 Å². The molecule has 0 spiro atoms. The maximum atomic E-state index is 4.49. The lowest BCUT2D eigenvalue weighted by molar-refractivity contribution is 0.181. The van der Waals surface area contributed by atoms with Crippen molar-refractivity contribution in [1.82, 2.24) is 55.3 Å². The van der Waals surface area contributed by atoms with E-state index in [0.29, 0.717) is 13.1 Å². The van der Waals surface area contributed by atoms with Gasteiger partial charge in [-0.25, -0.2) is 15.1 Å². The Hall–Kier alpha value is -3.41. The van der Waals surface area contributed by atoms with Crippen LogP contribution in [-0.2, 0) is 26.2 Å². The molecule has 11 nitrogen and oxygen atoms in total. The van der Waals surface area contributed by atoms with E-state index in [2.05, 4.69) is 100 Å². The lowest BCUT2D eigenvalue weighted by Crippen LogP contribution is -2.28. The van der Waals surface area contributed by atoms with Crippen molar-refractivity contribution in [2.75, 3.05) is 26.2 Å². The van der Waals surface area contributed by atoms with Gasteiger partial charge in [-0.05, 0) is 80.3 Å². The smallest absolute Gasteiger partial charge is 0.162 e. The molecule has 40 heavy (non-hydrogen) atoms. The second-order valence-electron chi connectivity index (χ2n) is 10.5. The molecule has 11 heteroatoms. The van der Waals surface area contributed by atoms with Crippen LogP contribution in [0.1, 0.15) is 81.1 Å². The van der Waals surface area contributed by atoms with E-state index in [1.165, 1.54) is 50.0 Å². The summed E-state index contributed by atoms with van der Waals surface area (Å²) in [5, 5.41) is 14.6. The summed E-state index contributed by atoms with van der Waals surface area (Å²) in [4.78, 5) is 22.8. The van der Waals surface area contributed by atoms with Crippen LogP contribution < -0.4 is 0 Å². The number of aromatic nitrogens is 8. The third-order valence-corrected chi connectivity index (χ3v) is 7.23. The predicted octanol–water partition coefficient (Wildman–Crippen LogP) is 4.31. The standard InChI is InChI=1S/C29H45N11/c1-4-16-38(17-5-2)18-6-7-19-39(22-28-34-36-37-35-28)20-25-8-10-26(11-9-25)21-40(23-27-30-12-13-31-27)24(3)29-32-14-15-33-29/h8-15,24H,4-7,16-23H2,1-3H3,(H,30,31)(H,32,33)(H,34,35,36,37). The van der Waals surface area contributed by atoms with Gasteiger partial charge in [0.25, 0.3) is 0 Å². The van der Waals surface area contributed by atoms with Crippen LogP contribution in [0.15, 0.2) is 49.1 Å². The average Bonchev–Trinajstić information content (AvgIpc) is 3.76. The molecule has 0 saturated heterocycles. The Bertz CT molecular complexity index is 1150. The van der Waals surface area contributed by atoms with Gasteiger partial charge in [0.05, 0.1) is 19.1 Å². The zero-order chi connectivity index (χ0) is 28.0. The molecule has 0 radical (unpaired) electrons. The molecule has 3 N–H and O–H groups in total. The Morgan fingerprint density at radius 1 is 0.725 bits per heavy atom. The summed E-state index contributed by atoms with van der Waals surface area (Å²) in [6.45, 7) is 14.3. The first kappa shape index (κ1) is 29.6. The molecular weight excluding hydrogens is 502 g/mol. The van der Waals surface area contributed by atoms with Crippen molar-refractivity contribution in [1.29, 1.82) is 0 Å². The summed E-state index contributed by atoms with van der Waals surface area (Å²) < 4.78 is 0. The zero-order valence-electron chi connectivity index (χ0n) is 24.3. The van der Waals surface area contributed by atoms with E-state index in [0.717, 1.165) is 43.5 Å². The van der Waals surface area contributed by atoms with Gasteiger partial charge in [0, 0.05) is 37.9 Å². The van der Waals surface area contributed by atoms with Crippen LogP contribution in [0.5, 0.6) is 0 Å². The topological polar surface area (TPSA) is 122 Å². The van der Waals surface area contributed by atoms with E-state index in [-0.39, 0.29) is 6.04 Å². The Morgan fingerprint density at radius 2 is 1.40 bits per heavy atom. The first-order valence-electron chi connectivity index (χ1n) is 14.6. The third-order valence-electron chi connectivity index (χ3n) is 7.23. The van der Waals surface area contributed by atoms with Crippen LogP contribution in [0.25, 0.3) is 0 Å². The van der Waals surface area contributed by atoms with Crippen LogP contribution in [0.3, 0.4) is 0 Å². The van der Waals surface area contributed by atoms with E-state index in [9.17, 15) is 0 Å². The molecule has 0 bridgehead atoms.